The molecule has 1 aliphatic rings. The number of halogens is 1. The van der Waals surface area contributed by atoms with E-state index in [1.807, 2.05) is 18.2 Å². The van der Waals surface area contributed by atoms with E-state index < -0.39 is 0 Å². The van der Waals surface area contributed by atoms with Crippen molar-refractivity contribution in [3.8, 4) is 0 Å². The van der Waals surface area contributed by atoms with Gasteiger partial charge in [-0.2, -0.15) is 0 Å². The lowest BCUT2D eigenvalue weighted by Gasteiger charge is -2.24. The Hall–Kier alpha value is -2.24. The number of benzene rings is 2. The van der Waals surface area contributed by atoms with Gasteiger partial charge in [0.25, 0.3) is 0 Å². The van der Waals surface area contributed by atoms with Crippen LogP contribution in [0.1, 0.15) is 17.5 Å². The number of carbonyl (C=O) groups excluding carboxylic acids is 1. The van der Waals surface area contributed by atoms with Crippen LogP contribution in [-0.2, 0) is 17.8 Å². The van der Waals surface area contributed by atoms with Crippen LogP contribution < -0.4 is 5.32 Å². The maximum Gasteiger partial charge on any atom is 0.224 e. The third-order valence-corrected chi connectivity index (χ3v) is 4.55. The zero-order valence-corrected chi connectivity index (χ0v) is 14.1. The van der Waals surface area contributed by atoms with Gasteiger partial charge in [-0.3, -0.25) is 9.69 Å². The molecular weight excluding hydrogens is 319 g/mol. The largest absolute Gasteiger partial charge is 0.392 e. The van der Waals surface area contributed by atoms with Crippen molar-refractivity contribution in [1.82, 2.24) is 10.2 Å². The van der Waals surface area contributed by atoms with Crippen molar-refractivity contribution >= 4 is 5.91 Å². The second-order valence-electron chi connectivity index (χ2n) is 6.57. The highest BCUT2D eigenvalue weighted by Gasteiger charge is 2.30. The molecule has 0 radical (unpaired) electrons. The highest BCUT2D eigenvalue weighted by molar-refractivity contribution is 5.78. The molecule has 1 saturated heterocycles. The van der Waals surface area contributed by atoms with Gasteiger partial charge in [0.1, 0.15) is 5.82 Å². The number of amides is 1. The van der Waals surface area contributed by atoms with Gasteiger partial charge >= 0.3 is 0 Å². The molecule has 1 aliphatic heterocycles. The van der Waals surface area contributed by atoms with Crippen LogP contribution in [0.4, 0.5) is 4.39 Å². The number of hydrogen-bond acceptors (Lipinski definition) is 3. The SMILES string of the molecule is O=C(Cc1ccc(F)cc1)NCC1CC(O)CN1Cc1ccccc1. The van der Waals surface area contributed by atoms with Crippen LogP contribution in [0.15, 0.2) is 54.6 Å². The average molecular weight is 342 g/mol. The number of carbonyl (C=O) groups is 1. The monoisotopic (exact) mass is 342 g/mol. The molecule has 3 rings (SSSR count). The molecule has 25 heavy (non-hydrogen) atoms. The fraction of sp³-hybridized carbons (Fsp3) is 0.350. The molecule has 0 saturated carbocycles. The van der Waals surface area contributed by atoms with Crippen LogP contribution in [0, 0.1) is 5.82 Å². The lowest BCUT2D eigenvalue weighted by Crippen LogP contribution is -2.40. The van der Waals surface area contributed by atoms with Gasteiger partial charge in [0.2, 0.25) is 5.91 Å². The molecule has 5 heteroatoms. The summed E-state index contributed by atoms with van der Waals surface area (Å²) in [6.45, 7) is 1.88. The number of nitrogens with zero attached hydrogens (tertiary/aromatic N) is 1. The van der Waals surface area contributed by atoms with Crippen LogP contribution >= 0.6 is 0 Å². The zero-order chi connectivity index (χ0) is 17.6. The van der Waals surface area contributed by atoms with Gasteiger partial charge in [-0.25, -0.2) is 4.39 Å². The van der Waals surface area contributed by atoms with Crippen LogP contribution in [0.2, 0.25) is 0 Å². The van der Waals surface area contributed by atoms with E-state index >= 15 is 0 Å². The standard InChI is InChI=1S/C20H23FN2O2/c21-17-8-6-15(7-9-17)10-20(25)22-12-18-11-19(24)14-23(18)13-16-4-2-1-3-5-16/h1-9,18-19,24H,10-14H2,(H,22,25). The molecule has 4 nitrogen and oxygen atoms in total. The first kappa shape index (κ1) is 17.6. The van der Waals surface area contributed by atoms with E-state index in [-0.39, 0.29) is 30.3 Å². The smallest absolute Gasteiger partial charge is 0.224 e. The Labute approximate surface area is 147 Å². The molecule has 0 spiro atoms. The van der Waals surface area contributed by atoms with E-state index in [1.165, 1.54) is 17.7 Å². The maximum absolute atomic E-state index is 12.9. The van der Waals surface area contributed by atoms with E-state index in [0.29, 0.717) is 19.5 Å². The second kappa shape index (κ2) is 8.23. The van der Waals surface area contributed by atoms with Crippen molar-refractivity contribution in [1.29, 1.82) is 0 Å². The molecule has 132 valence electrons. The zero-order valence-electron chi connectivity index (χ0n) is 14.1. The fourth-order valence-electron chi connectivity index (χ4n) is 3.26. The Balaban J connectivity index is 1.51. The van der Waals surface area contributed by atoms with E-state index in [1.54, 1.807) is 12.1 Å². The lowest BCUT2D eigenvalue weighted by atomic mass is 10.1. The van der Waals surface area contributed by atoms with Gasteiger partial charge < -0.3 is 10.4 Å². The minimum Gasteiger partial charge on any atom is -0.392 e. The van der Waals surface area contributed by atoms with Crippen LogP contribution in [0.5, 0.6) is 0 Å². The molecule has 1 heterocycles. The summed E-state index contributed by atoms with van der Waals surface area (Å²) in [5, 5.41) is 12.9. The molecule has 2 aromatic carbocycles. The van der Waals surface area contributed by atoms with Crippen LogP contribution in [-0.4, -0.2) is 41.1 Å². The number of hydrogen-bond donors (Lipinski definition) is 2. The minimum absolute atomic E-state index is 0.0901. The highest BCUT2D eigenvalue weighted by Crippen LogP contribution is 2.20. The first-order chi connectivity index (χ1) is 12.1. The molecule has 2 aromatic rings. The summed E-state index contributed by atoms with van der Waals surface area (Å²) in [4.78, 5) is 14.3. The van der Waals surface area contributed by atoms with E-state index in [2.05, 4.69) is 22.3 Å². The molecule has 1 fully saturated rings. The Morgan fingerprint density at radius 2 is 1.84 bits per heavy atom. The second-order valence-corrected chi connectivity index (χ2v) is 6.57. The van der Waals surface area contributed by atoms with E-state index in [4.69, 9.17) is 0 Å². The summed E-state index contributed by atoms with van der Waals surface area (Å²) < 4.78 is 12.9. The number of aliphatic hydroxyl groups excluding tert-OH is 1. The predicted octanol–water partition coefficient (Wildman–Crippen LogP) is 2.12. The third kappa shape index (κ3) is 5.11. The van der Waals surface area contributed by atoms with Gasteiger partial charge in [0, 0.05) is 25.7 Å². The first-order valence-corrected chi connectivity index (χ1v) is 8.57. The lowest BCUT2D eigenvalue weighted by molar-refractivity contribution is -0.120. The third-order valence-electron chi connectivity index (χ3n) is 4.55. The van der Waals surface area contributed by atoms with Crippen molar-refractivity contribution in [3.63, 3.8) is 0 Å². The highest BCUT2D eigenvalue weighted by atomic mass is 19.1. The number of rotatable bonds is 6. The van der Waals surface area contributed by atoms with Gasteiger partial charge in [-0.05, 0) is 29.7 Å². The quantitative estimate of drug-likeness (QED) is 0.845. The molecule has 2 N–H and O–H groups in total. The molecule has 1 amide bonds. The van der Waals surface area contributed by atoms with Crippen LogP contribution in [0.25, 0.3) is 0 Å². The van der Waals surface area contributed by atoms with Crippen molar-refractivity contribution < 1.29 is 14.3 Å². The normalized spacial score (nSPS) is 20.6. The van der Waals surface area contributed by atoms with Crippen molar-refractivity contribution in [2.24, 2.45) is 0 Å². The predicted molar refractivity (Wildman–Crippen MR) is 94.4 cm³/mol. The molecule has 0 aromatic heterocycles. The molecular formula is C20H23FN2O2. The number of aliphatic hydroxyl groups is 1. The first-order valence-electron chi connectivity index (χ1n) is 8.57. The molecule has 0 aliphatic carbocycles. The number of likely N-dealkylation sites (tertiary alicyclic amines) is 1. The van der Waals surface area contributed by atoms with E-state index in [9.17, 15) is 14.3 Å². The summed E-state index contributed by atoms with van der Waals surface area (Å²) in [7, 11) is 0. The Bertz CT molecular complexity index is 691. The Morgan fingerprint density at radius 3 is 2.56 bits per heavy atom. The van der Waals surface area contributed by atoms with E-state index in [0.717, 1.165) is 12.1 Å². The summed E-state index contributed by atoms with van der Waals surface area (Å²) in [6, 6.07) is 16.2. The summed E-state index contributed by atoms with van der Waals surface area (Å²) in [6.07, 6.45) is 0.528. The van der Waals surface area contributed by atoms with Gasteiger partial charge in [0.15, 0.2) is 0 Å². The molecule has 2 unspecified atom stereocenters. The van der Waals surface area contributed by atoms with Crippen molar-refractivity contribution in [2.45, 2.75) is 31.5 Å². The van der Waals surface area contributed by atoms with Crippen molar-refractivity contribution in [3.05, 3.63) is 71.5 Å². The van der Waals surface area contributed by atoms with Crippen LogP contribution in [0.3, 0.4) is 0 Å². The number of nitrogens with one attached hydrogen (secondary N) is 1. The van der Waals surface area contributed by atoms with Gasteiger partial charge in [0.05, 0.1) is 12.5 Å². The minimum atomic E-state index is -0.359. The fourth-order valence-corrected chi connectivity index (χ4v) is 3.26. The summed E-state index contributed by atoms with van der Waals surface area (Å²) in [5.74, 6) is -0.395. The summed E-state index contributed by atoms with van der Waals surface area (Å²) >= 11 is 0. The summed E-state index contributed by atoms with van der Waals surface area (Å²) in [5.41, 5.74) is 1.98. The van der Waals surface area contributed by atoms with Gasteiger partial charge in [-0.1, -0.05) is 42.5 Å². The van der Waals surface area contributed by atoms with Gasteiger partial charge in [-0.15, -0.1) is 0 Å². The topological polar surface area (TPSA) is 52.6 Å². The van der Waals surface area contributed by atoms with Crippen molar-refractivity contribution in [2.75, 3.05) is 13.1 Å². The average Bonchev–Trinajstić information content (AvgIpc) is 2.95. The molecule has 2 atom stereocenters. The maximum atomic E-state index is 12.9. The number of β-amino-alcohol motifs (C(OH)–C–C–N with tert-alkyl or cyclic N) is 1. The Morgan fingerprint density at radius 1 is 1.12 bits per heavy atom. The molecule has 0 bridgehead atoms. The Kier molecular flexibility index (Phi) is 5.79.